The van der Waals surface area contributed by atoms with Gasteiger partial charge >= 0.3 is 0 Å². The highest BCUT2D eigenvalue weighted by Crippen LogP contribution is 2.28. The average Bonchev–Trinajstić information content (AvgIpc) is 3.24. The number of aromatic nitrogens is 3. The predicted molar refractivity (Wildman–Crippen MR) is 132 cm³/mol. The van der Waals surface area contributed by atoms with Crippen molar-refractivity contribution in [2.75, 3.05) is 5.75 Å². The molecule has 1 aromatic heterocycles. The molecule has 0 aliphatic heterocycles. The number of carbonyl (C=O) groups excluding carboxylic acids is 1. The van der Waals surface area contributed by atoms with Crippen LogP contribution in [0.25, 0.3) is 17.1 Å². The monoisotopic (exact) mass is 525 g/mol. The molecule has 0 unspecified atom stereocenters. The van der Waals surface area contributed by atoms with Crippen LogP contribution in [0, 0.1) is 0 Å². The molecular formula is C23H17BrClN5OS. The molecule has 9 heteroatoms. The number of para-hydroxylation sites is 1. The number of hydrogen-bond acceptors (Lipinski definition) is 5. The van der Waals surface area contributed by atoms with Gasteiger partial charge in [-0.25, -0.2) is 5.43 Å². The van der Waals surface area contributed by atoms with Crippen LogP contribution in [0.1, 0.15) is 5.56 Å². The van der Waals surface area contributed by atoms with Crippen molar-refractivity contribution in [1.82, 2.24) is 20.2 Å². The fourth-order valence-corrected chi connectivity index (χ4v) is 4.07. The molecule has 0 saturated heterocycles. The van der Waals surface area contributed by atoms with Crippen molar-refractivity contribution < 1.29 is 4.79 Å². The first-order valence-corrected chi connectivity index (χ1v) is 11.7. The molecule has 0 saturated carbocycles. The van der Waals surface area contributed by atoms with E-state index < -0.39 is 0 Å². The van der Waals surface area contributed by atoms with E-state index in [1.807, 2.05) is 77.4 Å². The van der Waals surface area contributed by atoms with Crippen molar-refractivity contribution in [3.8, 4) is 17.1 Å². The van der Waals surface area contributed by atoms with E-state index in [-0.39, 0.29) is 11.7 Å². The Morgan fingerprint density at radius 1 is 1.03 bits per heavy atom. The van der Waals surface area contributed by atoms with Gasteiger partial charge in [0, 0.05) is 26.3 Å². The number of nitrogens with zero attached hydrogens (tertiary/aromatic N) is 4. The Balaban J connectivity index is 1.50. The van der Waals surface area contributed by atoms with Gasteiger partial charge in [0.15, 0.2) is 11.0 Å². The summed E-state index contributed by atoms with van der Waals surface area (Å²) in [4.78, 5) is 12.3. The first-order chi connectivity index (χ1) is 15.6. The first kappa shape index (κ1) is 22.3. The second-order valence-corrected chi connectivity index (χ2v) is 8.85. The maximum Gasteiger partial charge on any atom is 0.250 e. The molecule has 1 N–H and O–H groups in total. The second kappa shape index (κ2) is 10.6. The van der Waals surface area contributed by atoms with E-state index in [1.54, 1.807) is 6.07 Å². The Hall–Kier alpha value is -2.94. The van der Waals surface area contributed by atoms with E-state index in [1.165, 1.54) is 18.0 Å². The van der Waals surface area contributed by atoms with Gasteiger partial charge in [0.2, 0.25) is 0 Å². The van der Waals surface area contributed by atoms with Crippen LogP contribution in [0.4, 0.5) is 0 Å². The number of nitrogens with one attached hydrogen (secondary N) is 1. The van der Waals surface area contributed by atoms with Crippen molar-refractivity contribution in [2.24, 2.45) is 5.10 Å². The fraction of sp³-hybridized carbons (Fsp3) is 0.0435. The van der Waals surface area contributed by atoms with Crippen molar-refractivity contribution in [2.45, 2.75) is 5.16 Å². The molecule has 0 spiro atoms. The minimum absolute atomic E-state index is 0.130. The number of thioether (sulfide) groups is 1. The van der Waals surface area contributed by atoms with E-state index >= 15 is 0 Å². The predicted octanol–water partition coefficient (Wildman–Crippen LogP) is 5.59. The summed E-state index contributed by atoms with van der Waals surface area (Å²) in [6.07, 6.45) is 1.52. The highest BCUT2D eigenvalue weighted by molar-refractivity contribution is 9.10. The van der Waals surface area contributed by atoms with Gasteiger partial charge in [-0.2, -0.15) is 5.10 Å². The minimum Gasteiger partial charge on any atom is -0.272 e. The second-order valence-electron chi connectivity index (χ2n) is 6.59. The first-order valence-electron chi connectivity index (χ1n) is 9.58. The average molecular weight is 527 g/mol. The van der Waals surface area contributed by atoms with Gasteiger partial charge in [-0.1, -0.05) is 87.8 Å². The molecule has 0 fully saturated rings. The van der Waals surface area contributed by atoms with E-state index in [4.69, 9.17) is 11.6 Å². The molecule has 3 aromatic carbocycles. The molecule has 1 heterocycles. The molecule has 4 rings (SSSR count). The molecule has 0 aliphatic rings. The fourth-order valence-electron chi connectivity index (χ4n) is 2.88. The van der Waals surface area contributed by atoms with Crippen molar-refractivity contribution in [3.05, 3.63) is 93.9 Å². The largest absolute Gasteiger partial charge is 0.272 e. The maximum atomic E-state index is 12.3. The Morgan fingerprint density at radius 2 is 1.75 bits per heavy atom. The smallest absolute Gasteiger partial charge is 0.250 e. The van der Waals surface area contributed by atoms with Gasteiger partial charge in [0.1, 0.15) is 0 Å². The van der Waals surface area contributed by atoms with Crippen LogP contribution in [0.3, 0.4) is 0 Å². The normalized spacial score (nSPS) is 11.1. The summed E-state index contributed by atoms with van der Waals surface area (Å²) < 4.78 is 2.92. The molecule has 32 heavy (non-hydrogen) atoms. The zero-order chi connectivity index (χ0) is 22.3. The quantitative estimate of drug-likeness (QED) is 0.193. The van der Waals surface area contributed by atoms with E-state index in [0.29, 0.717) is 16.0 Å². The SMILES string of the molecule is O=C(CSc1nnc(-c2ccc(Br)cc2)n1-c1ccccc1)N/N=C/c1ccccc1Cl. The van der Waals surface area contributed by atoms with Crippen LogP contribution >= 0.6 is 39.3 Å². The topological polar surface area (TPSA) is 72.2 Å². The van der Waals surface area contributed by atoms with Crippen LogP contribution in [0.15, 0.2) is 93.6 Å². The number of rotatable bonds is 7. The number of halogens is 2. The summed E-state index contributed by atoms with van der Waals surface area (Å²) in [5.41, 5.74) is 5.08. The Labute approximate surface area is 202 Å². The third-order valence-electron chi connectivity index (χ3n) is 4.38. The van der Waals surface area contributed by atoms with Gasteiger partial charge in [-0.3, -0.25) is 9.36 Å². The van der Waals surface area contributed by atoms with Gasteiger partial charge < -0.3 is 0 Å². The van der Waals surface area contributed by atoms with E-state index in [0.717, 1.165) is 21.3 Å². The van der Waals surface area contributed by atoms with Gasteiger partial charge in [-0.15, -0.1) is 10.2 Å². The molecule has 1 amide bonds. The summed E-state index contributed by atoms with van der Waals surface area (Å²) in [5, 5.41) is 13.9. The Bertz CT molecular complexity index is 1240. The van der Waals surface area contributed by atoms with Gasteiger partial charge in [-0.05, 0) is 30.3 Å². The van der Waals surface area contributed by atoms with Crippen LogP contribution in [-0.4, -0.2) is 32.6 Å². The van der Waals surface area contributed by atoms with Crippen LogP contribution in [-0.2, 0) is 4.79 Å². The van der Waals surface area contributed by atoms with Crippen LogP contribution in [0.2, 0.25) is 5.02 Å². The lowest BCUT2D eigenvalue weighted by molar-refractivity contribution is -0.118. The lowest BCUT2D eigenvalue weighted by Crippen LogP contribution is -2.20. The molecule has 0 atom stereocenters. The Kier molecular flexibility index (Phi) is 7.36. The van der Waals surface area contributed by atoms with Crippen molar-refractivity contribution in [1.29, 1.82) is 0 Å². The summed E-state index contributed by atoms with van der Waals surface area (Å²) >= 11 is 10.8. The minimum atomic E-state index is -0.258. The van der Waals surface area contributed by atoms with Crippen molar-refractivity contribution >= 4 is 51.4 Å². The lowest BCUT2D eigenvalue weighted by atomic mass is 10.2. The maximum absolute atomic E-state index is 12.3. The Morgan fingerprint density at radius 3 is 2.50 bits per heavy atom. The molecule has 0 radical (unpaired) electrons. The highest BCUT2D eigenvalue weighted by Gasteiger charge is 2.17. The molecular weight excluding hydrogens is 510 g/mol. The molecule has 4 aromatic rings. The number of carbonyl (C=O) groups is 1. The number of hydrazone groups is 1. The van der Waals surface area contributed by atoms with Crippen molar-refractivity contribution in [3.63, 3.8) is 0 Å². The third kappa shape index (κ3) is 5.45. The number of hydrogen-bond donors (Lipinski definition) is 1. The third-order valence-corrected chi connectivity index (χ3v) is 6.18. The molecule has 160 valence electrons. The highest BCUT2D eigenvalue weighted by atomic mass is 79.9. The standard InChI is InChI=1S/C23H17BrClN5OS/c24-18-12-10-16(11-13-18)22-28-29-23(30(22)19-7-2-1-3-8-19)32-15-21(31)27-26-14-17-6-4-5-9-20(17)25/h1-14H,15H2,(H,27,31)/b26-14+. The van der Waals surface area contributed by atoms with Gasteiger partial charge in [0.05, 0.1) is 12.0 Å². The molecule has 6 nitrogen and oxygen atoms in total. The molecule has 0 aliphatic carbocycles. The molecule has 0 bridgehead atoms. The van der Waals surface area contributed by atoms with Crippen LogP contribution < -0.4 is 5.43 Å². The van der Waals surface area contributed by atoms with Crippen LogP contribution in [0.5, 0.6) is 0 Å². The summed E-state index contributed by atoms with van der Waals surface area (Å²) in [7, 11) is 0. The number of benzene rings is 3. The zero-order valence-corrected chi connectivity index (χ0v) is 19.8. The van der Waals surface area contributed by atoms with Gasteiger partial charge in [0.25, 0.3) is 5.91 Å². The van der Waals surface area contributed by atoms with E-state index in [9.17, 15) is 4.79 Å². The lowest BCUT2D eigenvalue weighted by Gasteiger charge is -2.10. The number of amides is 1. The summed E-state index contributed by atoms with van der Waals surface area (Å²) in [6.45, 7) is 0. The van der Waals surface area contributed by atoms with E-state index in [2.05, 4.69) is 36.7 Å². The summed E-state index contributed by atoms with van der Waals surface area (Å²) in [6, 6.07) is 24.9. The summed E-state index contributed by atoms with van der Waals surface area (Å²) in [5.74, 6) is 0.569. The zero-order valence-electron chi connectivity index (χ0n) is 16.7.